The first-order chi connectivity index (χ1) is 7.49. The van der Waals surface area contributed by atoms with E-state index in [1.807, 2.05) is 26.8 Å². The first kappa shape index (κ1) is 13.6. The standard InChI is InChI=1S/C12H21NO2S/c1-10-4-6-15-11(10)8-13-5-7-16-9-12(2,3)14/h4,6,13-14H,5,7-9H2,1-3H3. The summed E-state index contributed by atoms with van der Waals surface area (Å²) < 4.78 is 5.32. The molecule has 0 saturated heterocycles. The number of rotatable bonds is 7. The summed E-state index contributed by atoms with van der Waals surface area (Å²) >= 11 is 1.76. The fraction of sp³-hybridized carbons (Fsp3) is 0.667. The van der Waals surface area contributed by atoms with Crippen LogP contribution in [0.2, 0.25) is 0 Å². The molecule has 0 spiro atoms. The van der Waals surface area contributed by atoms with Crippen molar-refractivity contribution in [1.29, 1.82) is 0 Å². The molecule has 16 heavy (non-hydrogen) atoms. The summed E-state index contributed by atoms with van der Waals surface area (Å²) in [5.41, 5.74) is 0.624. The van der Waals surface area contributed by atoms with Crippen LogP contribution in [0.25, 0.3) is 0 Å². The van der Waals surface area contributed by atoms with Crippen molar-refractivity contribution in [2.45, 2.75) is 32.9 Å². The Labute approximate surface area is 102 Å². The molecule has 0 aromatic carbocycles. The van der Waals surface area contributed by atoms with Crippen molar-refractivity contribution in [2.75, 3.05) is 18.1 Å². The summed E-state index contributed by atoms with van der Waals surface area (Å²) in [6, 6.07) is 1.97. The topological polar surface area (TPSA) is 45.4 Å². The lowest BCUT2D eigenvalue weighted by molar-refractivity contribution is 0.107. The predicted octanol–water partition coefficient (Wildman–Crippen LogP) is 2.18. The van der Waals surface area contributed by atoms with Crippen LogP contribution < -0.4 is 5.32 Å². The molecule has 0 aliphatic rings. The Kier molecular flexibility index (Phi) is 5.38. The Morgan fingerprint density at radius 2 is 2.25 bits per heavy atom. The summed E-state index contributed by atoms with van der Waals surface area (Å²) in [6.45, 7) is 7.42. The van der Waals surface area contributed by atoms with Crippen LogP contribution in [0.3, 0.4) is 0 Å². The van der Waals surface area contributed by atoms with Gasteiger partial charge in [0.25, 0.3) is 0 Å². The van der Waals surface area contributed by atoms with Gasteiger partial charge in [-0.05, 0) is 32.4 Å². The molecule has 0 aliphatic heterocycles. The normalized spacial score (nSPS) is 12.0. The van der Waals surface area contributed by atoms with E-state index in [1.165, 1.54) is 5.56 Å². The summed E-state index contributed by atoms with van der Waals surface area (Å²) in [7, 11) is 0. The fourth-order valence-corrected chi connectivity index (χ4v) is 2.19. The Morgan fingerprint density at radius 3 is 2.81 bits per heavy atom. The highest BCUT2D eigenvalue weighted by Gasteiger charge is 2.11. The van der Waals surface area contributed by atoms with Gasteiger partial charge in [-0.15, -0.1) is 0 Å². The zero-order valence-electron chi connectivity index (χ0n) is 10.2. The van der Waals surface area contributed by atoms with Gasteiger partial charge in [0.2, 0.25) is 0 Å². The Bertz CT molecular complexity index is 304. The van der Waals surface area contributed by atoms with E-state index in [1.54, 1.807) is 18.0 Å². The van der Waals surface area contributed by atoms with E-state index >= 15 is 0 Å². The molecule has 1 heterocycles. The van der Waals surface area contributed by atoms with E-state index < -0.39 is 5.60 Å². The molecule has 1 rings (SSSR count). The molecule has 0 bridgehead atoms. The highest BCUT2D eigenvalue weighted by atomic mass is 32.2. The van der Waals surface area contributed by atoms with Crippen molar-refractivity contribution >= 4 is 11.8 Å². The van der Waals surface area contributed by atoms with Gasteiger partial charge in [0.1, 0.15) is 5.76 Å². The van der Waals surface area contributed by atoms with Crippen molar-refractivity contribution in [2.24, 2.45) is 0 Å². The molecule has 0 amide bonds. The molecule has 1 aromatic heterocycles. The molecule has 1 aromatic rings. The summed E-state index contributed by atoms with van der Waals surface area (Å²) in [5.74, 6) is 2.78. The van der Waals surface area contributed by atoms with Crippen molar-refractivity contribution in [3.05, 3.63) is 23.7 Å². The third-order valence-electron chi connectivity index (χ3n) is 2.13. The second-order valence-electron chi connectivity index (χ2n) is 4.57. The largest absolute Gasteiger partial charge is 0.468 e. The van der Waals surface area contributed by atoms with Gasteiger partial charge in [-0.2, -0.15) is 11.8 Å². The Morgan fingerprint density at radius 1 is 1.50 bits per heavy atom. The minimum atomic E-state index is -0.567. The second-order valence-corrected chi connectivity index (χ2v) is 5.67. The smallest absolute Gasteiger partial charge is 0.120 e. The van der Waals surface area contributed by atoms with E-state index in [9.17, 15) is 5.11 Å². The maximum absolute atomic E-state index is 9.50. The highest BCUT2D eigenvalue weighted by Crippen LogP contribution is 2.11. The maximum atomic E-state index is 9.50. The lowest BCUT2D eigenvalue weighted by Crippen LogP contribution is -2.23. The highest BCUT2D eigenvalue weighted by molar-refractivity contribution is 7.99. The molecular weight excluding hydrogens is 222 g/mol. The summed E-state index contributed by atoms with van der Waals surface area (Å²) in [5, 5.41) is 12.8. The predicted molar refractivity (Wildman–Crippen MR) is 68.8 cm³/mol. The van der Waals surface area contributed by atoms with Gasteiger partial charge in [-0.1, -0.05) is 0 Å². The molecule has 0 radical (unpaired) electrons. The number of furan rings is 1. The number of hydrogen-bond donors (Lipinski definition) is 2. The van der Waals surface area contributed by atoms with Gasteiger partial charge >= 0.3 is 0 Å². The third-order valence-corrected chi connectivity index (χ3v) is 3.54. The van der Waals surface area contributed by atoms with Crippen molar-refractivity contribution < 1.29 is 9.52 Å². The van der Waals surface area contributed by atoms with Crippen LogP contribution in [-0.2, 0) is 6.54 Å². The minimum Gasteiger partial charge on any atom is -0.468 e. The fourth-order valence-electron chi connectivity index (χ4n) is 1.25. The van der Waals surface area contributed by atoms with E-state index in [0.29, 0.717) is 0 Å². The van der Waals surface area contributed by atoms with E-state index in [0.717, 1.165) is 30.4 Å². The van der Waals surface area contributed by atoms with E-state index in [4.69, 9.17) is 4.42 Å². The number of hydrogen-bond acceptors (Lipinski definition) is 4. The van der Waals surface area contributed by atoms with Crippen molar-refractivity contribution in [1.82, 2.24) is 5.32 Å². The molecular formula is C12H21NO2S. The van der Waals surface area contributed by atoms with Gasteiger partial charge in [-0.25, -0.2) is 0 Å². The summed E-state index contributed by atoms with van der Waals surface area (Å²) in [6.07, 6.45) is 1.72. The lowest BCUT2D eigenvalue weighted by Gasteiger charge is -2.15. The third kappa shape index (κ3) is 5.58. The maximum Gasteiger partial charge on any atom is 0.120 e. The Hall–Kier alpha value is -0.450. The minimum absolute atomic E-state index is 0.567. The average Bonchev–Trinajstić information content (AvgIpc) is 2.56. The monoisotopic (exact) mass is 243 g/mol. The number of nitrogens with one attached hydrogen (secondary N) is 1. The van der Waals surface area contributed by atoms with Crippen LogP contribution in [0.1, 0.15) is 25.2 Å². The molecule has 0 atom stereocenters. The van der Waals surface area contributed by atoms with Crippen LogP contribution in [0.4, 0.5) is 0 Å². The first-order valence-corrected chi connectivity index (χ1v) is 6.68. The van der Waals surface area contributed by atoms with E-state index in [-0.39, 0.29) is 0 Å². The molecule has 0 aliphatic carbocycles. The number of aryl methyl sites for hydroxylation is 1. The zero-order chi connectivity index (χ0) is 12.0. The second kappa shape index (κ2) is 6.33. The molecule has 0 saturated carbocycles. The number of aliphatic hydroxyl groups is 1. The van der Waals surface area contributed by atoms with Gasteiger partial charge < -0.3 is 14.8 Å². The molecule has 0 fully saturated rings. The molecule has 3 nitrogen and oxygen atoms in total. The molecule has 4 heteroatoms. The molecule has 0 unspecified atom stereocenters. The number of thioether (sulfide) groups is 1. The van der Waals surface area contributed by atoms with Crippen LogP contribution in [-0.4, -0.2) is 28.8 Å². The van der Waals surface area contributed by atoms with Crippen molar-refractivity contribution in [3.8, 4) is 0 Å². The Balaban J connectivity index is 2.03. The van der Waals surface area contributed by atoms with Gasteiger partial charge in [0.05, 0.1) is 18.4 Å². The SMILES string of the molecule is Cc1ccoc1CNCCSCC(C)(C)O. The van der Waals surface area contributed by atoms with Crippen LogP contribution in [0.5, 0.6) is 0 Å². The first-order valence-electron chi connectivity index (χ1n) is 5.53. The van der Waals surface area contributed by atoms with Gasteiger partial charge in [-0.3, -0.25) is 0 Å². The van der Waals surface area contributed by atoms with Gasteiger partial charge in [0.15, 0.2) is 0 Å². The quantitative estimate of drug-likeness (QED) is 0.721. The van der Waals surface area contributed by atoms with Gasteiger partial charge in [0, 0.05) is 18.1 Å². The van der Waals surface area contributed by atoms with E-state index in [2.05, 4.69) is 5.32 Å². The van der Waals surface area contributed by atoms with Crippen LogP contribution >= 0.6 is 11.8 Å². The summed E-state index contributed by atoms with van der Waals surface area (Å²) in [4.78, 5) is 0. The molecule has 2 N–H and O–H groups in total. The lowest BCUT2D eigenvalue weighted by atomic mass is 10.2. The zero-order valence-corrected chi connectivity index (χ0v) is 11.1. The average molecular weight is 243 g/mol. The van der Waals surface area contributed by atoms with Crippen molar-refractivity contribution in [3.63, 3.8) is 0 Å². The van der Waals surface area contributed by atoms with Crippen LogP contribution in [0, 0.1) is 6.92 Å². The van der Waals surface area contributed by atoms with Crippen LogP contribution in [0.15, 0.2) is 16.7 Å². The molecule has 92 valence electrons.